The van der Waals surface area contributed by atoms with Crippen LogP contribution < -0.4 is 5.73 Å². The lowest BCUT2D eigenvalue weighted by atomic mass is 10.0. The monoisotopic (exact) mass is 335 g/mol. The molecule has 1 atom stereocenters. The summed E-state index contributed by atoms with van der Waals surface area (Å²) in [6, 6.07) is 8.20. The lowest BCUT2D eigenvalue weighted by Crippen LogP contribution is -2.18. The fraction of sp³-hybridized carbons (Fsp3) is 0.619. The van der Waals surface area contributed by atoms with Crippen molar-refractivity contribution in [1.82, 2.24) is 0 Å². The molecule has 0 aliphatic carbocycles. The molecule has 1 rings (SSSR count). The van der Waals surface area contributed by atoms with Crippen molar-refractivity contribution in [2.45, 2.75) is 83.6 Å². The van der Waals surface area contributed by atoms with Crippen molar-refractivity contribution >= 4 is 17.7 Å². The van der Waals surface area contributed by atoms with Crippen LogP contribution in [0.5, 0.6) is 0 Å². The zero-order chi connectivity index (χ0) is 16.8. The molecule has 130 valence electrons. The van der Waals surface area contributed by atoms with Crippen molar-refractivity contribution in [3.8, 4) is 0 Å². The standard InChI is InChI=1S/C21H34ClN/c1-2-3-4-5-6-7-8-9-10-16-21(23)17-12-14-19-13-11-15-20(22)18-19/h11-15,18,21H,2-10,16-17,23H2,1H3. The van der Waals surface area contributed by atoms with Gasteiger partial charge in [0.2, 0.25) is 0 Å². The van der Waals surface area contributed by atoms with E-state index < -0.39 is 0 Å². The summed E-state index contributed by atoms with van der Waals surface area (Å²) in [4.78, 5) is 0. The second kappa shape index (κ2) is 13.6. The van der Waals surface area contributed by atoms with Gasteiger partial charge in [0.05, 0.1) is 0 Å². The molecule has 1 aromatic carbocycles. The van der Waals surface area contributed by atoms with Gasteiger partial charge >= 0.3 is 0 Å². The molecule has 0 bridgehead atoms. The van der Waals surface area contributed by atoms with Gasteiger partial charge in [0, 0.05) is 11.1 Å². The van der Waals surface area contributed by atoms with Gasteiger partial charge in [0.15, 0.2) is 0 Å². The van der Waals surface area contributed by atoms with Crippen molar-refractivity contribution in [3.63, 3.8) is 0 Å². The van der Waals surface area contributed by atoms with Crippen molar-refractivity contribution in [3.05, 3.63) is 40.9 Å². The molecule has 0 aromatic heterocycles. The summed E-state index contributed by atoms with van der Waals surface area (Å²) in [5.41, 5.74) is 7.33. The molecule has 0 fully saturated rings. The average Bonchev–Trinajstić information content (AvgIpc) is 2.53. The van der Waals surface area contributed by atoms with Gasteiger partial charge in [-0.25, -0.2) is 0 Å². The number of unbranched alkanes of at least 4 members (excludes halogenated alkanes) is 8. The van der Waals surface area contributed by atoms with Crippen LogP contribution in [0.2, 0.25) is 5.02 Å². The molecule has 0 radical (unpaired) electrons. The number of rotatable bonds is 13. The minimum absolute atomic E-state index is 0.287. The molecule has 0 heterocycles. The van der Waals surface area contributed by atoms with E-state index in [2.05, 4.69) is 25.1 Å². The zero-order valence-electron chi connectivity index (χ0n) is 14.8. The Morgan fingerprint density at radius 2 is 1.65 bits per heavy atom. The van der Waals surface area contributed by atoms with Gasteiger partial charge in [-0.3, -0.25) is 0 Å². The van der Waals surface area contributed by atoms with Gasteiger partial charge in [-0.05, 0) is 30.5 Å². The predicted octanol–water partition coefficient (Wildman–Crippen LogP) is 6.99. The van der Waals surface area contributed by atoms with Crippen LogP contribution >= 0.6 is 11.6 Å². The maximum absolute atomic E-state index is 6.19. The van der Waals surface area contributed by atoms with E-state index in [4.69, 9.17) is 17.3 Å². The highest BCUT2D eigenvalue weighted by Crippen LogP contribution is 2.14. The van der Waals surface area contributed by atoms with Crippen molar-refractivity contribution in [2.24, 2.45) is 5.73 Å². The molecule has 1 nitrogen and oxygen atoms in total. The third-order valence-corrected chi connectivity index (χ3v) is 4.51. The Kier molecular flexibility index (Phi) is 12.0. The van der Waals surface area contributed by atoms with E-state index in [1.54, 1.807) is 0 Å². The molecule has 2 heteroatoms. The van der Waals surface area contributed by atoms with Gasteiger partial charge < -0.3 is 5.73 Å². The smallest absolute Gasteiger partial charge is 0.0411 e. The Morgan fingerprint density at radius 3 is 2.30 bits per heavy atom. The lowest BCUT2D eigenvalue weighted by molar-refractivity contribution is 0.525. The maximum Gasteiger partial charge on any atom is 0.0411 e. The van der Waals surface area contributed by atoms with Gasteiger partial charge in [0.25, 0.3) is 0 Å². The summed E-state index contributed by atoms with van der Waals surface area (Å²) < 4.78 is 0. The molecule has 0 amide bonds. The molecule has 0 aliphatic rings. The van der Waals surface area contributed by atoms with Crippen LogP contribution in [0.3, 0.4) is 0 Å². The maximum atomic E-state index is 6.19. The van der Waals surface area contributed by atoms with E-state index in [1.165, 1.54) is 57.8 Å². The van der Waals surface area contributed by atoms with E-state index in [-0.39, 0.29) is 6.04 Å². The van der Waals surface area contributed by atoms with Crippen LogP contribution in [-0.4, -0.2) is 6.04 Å². The number of halogens is 1. The fourth-order valence-electron chi connectivity index (χ4n) is 2.82. The molecule has 0 saturated carbocycles. The van der Waals surface area contributed by atoms with Crippen LogP contribution in [0.25, 0.3) is 6.08 Å². The first kappa shape index (κ1) is 20.3. The molecule has 1 aromatic rings. The van der Waals surface area contributed by atoms with Crippen molar-refractivity contribution in [1.29, 1.82) is 0 Å². The Hall–Kier alpha value is -0.790. The van der Waals surface area contributed by atoms with E-state index >= 15 is 0 Å². The largest absolute Gasteiger partial charge is 0.327 e. The highest BCUT2D eigenvalue weighted by atomic mass is 35.5. The van der Waals surface area contributed by atoms with Crippen LogP contribution in [0.1, 0.15) is 83.1 Å². The first-order valence-electron chi connectivity index (χ1n) is 9.40. The summed E-state index contributed by atoms with van der Waals surface area (Å²) in [6.45, 7) is 2.27. The molecule has 0 aliphatic heterocycles. The molecule has 2 N–H and O–H groups in total. The van der Waals surface area contributed by atoms with Crippen LogP contribution in [0.15, 0.2) is 30.3 Å². The number of hydrogen-bond donors (Lipinski definition) is 1. The highest BCUT2D eigenvalue weighted by molar-refractivity contribution is 6.30. The minimum Gasteiger partial charge on any atom is -0.327 e. The topological polar surface area (TPSA) is 26.0 Å². The third-order valence-electron chi connectivity index (χ3n) is 4.28. The highest BCUT2D eigenvalue weighted by Gasteiger charge is 2.00. The quantitative estimate of drug-likeness (QED) is 0.386. The molecule has 23 heavy (non-hydrogen) atoms. The first-order valence-corrected chi connectivity index (χ1v) is 9.78. The second-order valence-electron chi connectivity index (χ2n) is 6.57. The van der Waals surface area contributed by atoms with E-state index in [0.29, 0.717) is 0 Å². The summed E-state index contributed by atoms with van der Waals surface area (Å²) in [5, 5.41) is 0.783. The number of benzene rings is 1. The average molecular weight is 336 g/mol. The van der Waals surface area contributed by atoms with Crippen molar-refractivity contribution < 1.29 is 0 Å². The first-order chi connectivity index (χ1) is 11.2. The molecular formula is C21H34ClN. The molecular weight excluding hydrogens is 302 g/mol. The Labute approximate surface area is 148 Å². The predicted molar refractivity (Wildman–Crippen MR) is 105 cm³/mol. The van der Waals surface area contributed by atoms with Gasteiger partial charge in [-0.2, -0.15) is 0 Å². The van der Waals surface area contributed by atoms with Gasteiger partial charge in [-0.1, -0.05) is 101 Å². The molecule has 0 spiro atoms. The van der Waals surface area contributed by atoms with Crippen LogP contribution in [0, 0.1) is 0 Å². The summed E-state index contributed by atoms with van der Waals surface area (Å²) in [7, 11) is 0. The fourth-order valence-corrected chi connectivity index (χ4v) is 3.02. The number of hydrogen-bond acceptors (Lipinski definition) is 1. The van der Waals surface area contributed by atoms with E-state index in [0.717, 1.165) is 23.4 Å². The summed E-state index contributed by atoms with van der Waals surface area (Å²) in [6.07, 6.45) is 18.7. The SMILES string of the molecule is CCCCCCCCCCCC(N)CC=Cc1cccc(Cl)c1. The van der Waals surface area contributed by atoms with Crippen LogP contribution in [-0.2, 0) is 0 Å². The minimum atomic E-state index is 0.287. The Balaban J connectivity index is 1.99. The Bertz CT molecular complexity index is 428. The van der Waals surface area contributed by atoms with Gasteiger partial charge in [-0.15, -0.1) is 0 Å². The second-order valence-corrected chi connectivity index (χ2v) is 7.01. The molecule has 0 saturated heterocycles. The van der Waals surface area contributed by atoms with E-state index in [9.17, 15) is 0 Å². The van der Waals surface area contributed by atoms with E-state index in [1.807, 2.05) is 18.2 Å². The normalized spacial score (nSPS) is 12.8. The van der Waals surface area contributed by atoms with Crippen molar-refractivity contribution in [2.75, 3.05) is 0 Å². The zero-order valence-corrected chi connectivity index (χ0v) is 15.5. The van der Waals surface area contributed by atoms with Crippen LogP contribution in [0.4, 0.5) is 0 Å². The van der Waals surface area contributed by atoms with Gasteiger partial charge in [0.1, 0.15) is 0 Å². The number of nitrogens with two attached hydrogens (primary N) is 1. The molecule has 1 unspecified atom stereocenters. The summed E-state index contributed by atoms with van der Waals surface area (Å²) >= 11 is 5.97. The lowest BCUT2D eigenvalue weighted by Gasteiger charge is -2.08. The summed E-state index contributed by atoms with van der Waals surface area (Å²) in [5.74, 6) is 0. The third kappa shape index (κ3) is 11.4. The Morgan fingerprint density at radius 1 is 1.00 bits per heavy atom.